The zero-order valence-corrected chi connectivity index (χ0v) is 13.1. The first kappa shape index (κ1) is 16.0. The molecule has 1 aliphatic heterocycles. The van der Waals surface area contributed by atoms with Crippen LogP contribution in [0, 0.1) is 5.92 Å². The standard InChI is InChI=1S/C13H22N4O3S/c1-3-9-7-17(5-4-11(9)14)21(19,20)10-6-12(13(15)18)16(2)8-10/h6,8-9,11H,3-5,7,14H2,1-2H3,(H2,15,18). The lowest BCUT2D eigenvalue weighted by Crippen LogP contribution is -2.48. The predicted molar refractivity (Wildman–Crippen MR) is 79.1 cm³/mol. The van der Waals surface area contributed by atoms with E-state index in [-0.39, 0.29) is 22.5 Å². The van der Waals surface area contributed by atoms with Gasteiger partial charge in [-0.3, -0.25) is 4.79 Å². The number of aryl methyl sites for hydroxylation is 1. The van der Waals surface area contributed by atoms with Crippen molar-refractivity contribution >= 4 is 15.9 Å². The maximum atomic E-state index is 12.7. The van der Waals surface area contributed by atoms with Gasteiger partial charge in [-0.05, 0) is 18.4 Å². The molecule has 0 bridgehead atoms. The summed E-state index contributed by atoms with van der Waals surface area (Å²) in [5, 5.41) is 0. The highest BCUT2D eigenvalue weighted by Crippen LogP contribution is 2.25. The van der Waals surface area contributed by atoms with Gasteiger partial charge in [0.1, 0.15) is 10.6 Å². The van der Waals surface area contributed by atoms with E-state index in [1.165, 1.54) is 21.1 Å². The largest absolute Gasteiger partial charge is 0.364 e. The van der Waals surface area contributed by atoms with Crippen molar-refractivity contribution in [3.8, 4) is 0 Å². The number of primary amides is 1. The molecule has 0 radical (unpaired) electrons. The minimum absolute atomic E-state index is 0.0402. The molecular weight excluding hydrogens is 292 g/mol. The van der Waals surface area contributed by atoms with Crippen molar-refractivity contribution < 1.29 is 13.2 Å². The zero-order valence-electron chi connectivity index (χ0n) is 12.3. The maximum Gasteiger partial charge on any atom is 0.265 e. The topological polar surface area (TPSA) is 111 Å². The quantitative estimate of drug-likeness (QED) is 0.806. The molecule has 21 heavy (non-hydrogen) atoms. The molecule has 2 rings (SSSR count). The summed E-state index contributed by atoms with van der Waals surface area (Å²) in [6.07, 6.45) is 2.91. The minimum atomic E-state index is -3.61. The van der Waals surface area contributed by atoms with E-state index in [9.17, 15) is 13.2 Å². The summed E-state index contributed by atoms with van der Waals surface area (Å²) in [6, 6.07) is 1.37. The van der Waals surface area contributed by atoms with Gasteiger partial charge >= 0.3 is 0 Å². The molecule has 0 spiro atoms. The summed E-state index contributed by atoms with van der Waals surface area (Å²) in [6.45, 7) is 2.83. The second-order valence-electron chi connectivity index (χ2n) is 5.52. The molecule has 2 atom stereocenters. The van der Waals surface area contributed by atoms with E-state index in [0.29, 0.717) is 19.5 Å². The molecule has 0 saturated carbocycles. The first-order valence-corrected chi connectivity index (χ1v) is 8.43. The third kappa shape index (κ3) is 2.97. The van der Waals surface area contributed by atoms with Crippen LogP contribution in [0.25, 0.3) is 0 Å². The van der Waals surface area contributed by atoms with Crippen LogP contribution in [-0.2, 0) is 17.1 Å². The molecule has 1 saturated heterocycles. The van der Waals surface area contributed by atoms with Crippen molar-refractivity contribution in [2.75, 3.05) is 13.1 Å². The predicted octanol–water partition coefficient (Wildman–Crippen LogP) is -0.128. The number of nitrogens with zero attached hydrogens (tertiary/aromatic N) is 2. The fourth-order valence-electron chi connectivity index (χ4n) is 2.74. The Labute approximate surface area is 124 Å². The number of aromatic nitrogens is 1. The van der Waals surface area contributed by atoms with Crippen LogP contribution < -0.4 is 11.5 Å². The lowest BCUT2D eigenvalue weighted by molar-refractivity contribution is 0.0992. The number of hydrogen-bond donors (Lipinski definition) is 2. The fourth-order valence-corrected chi connectivity index (χ4v) is 4.32. The number of piperidine rings is 1. The van der Waals surface area contributed by atoms with E-state index < -0.39 is 15.9 Å². The van der Waals surface area contributed by atoms with Crippen molar-refractivity contribution in [2.24, 2.45) is 24.4 Å². The van der Waals surface area contributed by atoms with Crippen molar-refractivity contribution in [1.82, 2.24) is 8.87 Å². The van der Waals surface area contributed by atoms with E-state index in [1.807, 2.05) is 6.92 Å². The van der Waals surface area contributed by atoms with Crippen LogP contribution in [0.2, 0.25) is 0 Å². The average Bonchev–Trinajstić information content (AvgIpc) is 2.82. The second kappa shape index (κ2) is 5.78. The normalized spacial score (nSPS) is 24.1. The minimum Gasteiger partial charge on any atom is -0.364 e. The summed E-state index contributed by atoms with van der Waals surface area (Å²) >= 11 is 0. The van der Waals surface area contributed by atoms with E-state index in [0.717, 1.165) is 6.42 Å². The van der Waals surface area contributed by atoms with Crippen LogP contribution in [0.5, 0.6) is 0 Å². The molecule has 2 heterocycles. The molecule has 4 N–H and O–H groups in total. The number of carbonyl (C=O) groups excluding carboxylic acids is 1. The highest BCUT2D eigenvalue weighted by molar-refractivity contribution is 7.89. The van der Waals surface area contributed by atoms with Gasteiger partial charge in [0.15, 0.2) is 0 Å². The Morgan fingerprint density at radius 3 is 2.67 bits per heavy atom. The molecule has 0 aromatic carbocycles. The Morgan fingerprint density at radius 2 is 2.14 bits per heavy atom. The monoisotopic (exact) mass is 314 g/mol. The molecule has 118 valence electrons. The van der Waals surface area contributed by atoms with Crippen LogP contribution >= 0.6 is 0 Å². The van der Waals surface area contributed by atoms with Gasteiger partial charge in [-0.25, -0.2) is 8.42 Å². The summed E-state index contributed by atoms with van der Waals surface area (Å²) in [5.74, 6) is -0.487. The Morgan fingerprint density at radius 1 is 1.48 bits per heavy atom. The van der Waals surface area contributed by atoms with Gasteiger partial charge < -0.3 is 16.0 Å². The SMILES string of the molecule is CCC1CN(S(=O)(=O)c2cc(C(N)=O)n(C)c2)CCC1N. The molecule has 1 amide bonds. The fraction of sp³-hybridized carbons (Fsp3) is 0.615. The van der Waals surface area contributed by atoms with Gasteiger partial charge in [0.2, 0.25) is 10.0 Å². The van der Waals surface area contributed by atoms with Gasteiger partial charge in [0.25, 0.3) is 5.91 Å². The first-order chi connectivity index (χ1) is 9.77. The number of nitrogens with two attached hydrogens (primary N) is 2. The van der Waals surface area contributed by atoms with Crippen molar-refractivity contribution in [3.05, 3.63) is 18.0 Å². The van der Waals surface area contributed by atoms with Crippen LogP contribution in [0.4, 0.5) is 0 Å². The van der Waals surface area contributed by atoms with Crippen LogP contribution in [0.3, 0.4) is 0 Å². The summed E-state index contributed by atoms with van der Waals surface area (Å²) < 4.78 is 28.2. The van der Waals surface area contributed by atoms with Gasteiger partial charge in [-0.15, -0.1) is 0 Å². The van der Waals surface area contributed by atoms with E-state index in [2.05, 4.69) is 0 Å². The molecule has 1 aromatic heterocycles. The van der Waals surface area contributed by atoms with Crippen LogP contribution in [-0.4, -0.2) is 42.3 Å². The highest BCUT2D eigenvalue weighted by atomic mass is 32.2. The third-order valence-electron chi connectivity index (χ3n) is 4.15. The molecule has 0 aliphatic carbocycles. The van der Waals surface area contributed by atoms with Crippen LogP contribution in [0.1, 0.15) is 30.3 Å². The van der Waals surface area contributed by atoms with E-state index in [1.54, 1.807) is 7.05 Å². The summed E-state index contributed by atoms with van der Waals surface area (Å²) in [5.41, 5.74) is 11.4. The zero-order chi connectivity index (χ0) is 15.8. The highest BCUT2D eigenvalue weighted by Gasteiger charge is 2.34. The molecule has 1 aliphatic rings. The van der Waals surface area contributed by atoms with Gasteiger partial charge in [-0.1, -0.05) is 13.3 Å². The lowest BCUT2D eigenvalue weighted by atomic mass is 9.92. The number of amides is 1. The smallest absolute Gasteiger partial charge is 0.265 e. The first-order valence-electron chi connectivity index (χ1n) is 6.99. The van der Waals surface area contributed by atoms with Crippen molar-refractivity contribution in [1.29, 1.82) is 0 Å². The molecule has 1 fully saturated rings. The van der Waals surface area contributed by atoms with Crippen molar-refractivity contribution in [3.63, 3.8) is 0 Å². The van der Waals surface area contributed by atoms with Crippen molar-refractivity contribution in [2.45, 2.75) is 30.7 Å². The number of hydrogen-bond acceptors (Lipinski definition) is 4. The molecule has 8 heteroatoms. The number of rotatable bonds is 4. The Balaban J connectivity index is 2.30. The molecule has 1 aromatic rings. The Kier molecular flexibility index (Phi) is 4.40. The van der Waals surface area contributed by atoms with Gasteiger partial charge in [-0.2, -0.15) is 4.31 Å². The lowest BCUT2D eigenvalue weighted by Gasteiger charge is -2.35. The van der Waals surface area contributed by atoms with Gasteiger partial charge in [0.05, 0.1) is 0 Å². The number of sulfonamides is 1. The third-order valence-corrected chi connectivity index (χ3v) is 5.98. The summed E-state index contributed by atoms with van der Waals surface area (Å²) in [7, 11) is -2.02. The molecular formula is C13H22N4O3S. The van der Waals surface area contributed by atoms with E-state index >= 15 is 0 Å². The van der Waals surface area contributed by atoms with Gasteiger partial charge in [0, 0.05) is 32.4 Å². The van der Waals surface area contributed by atoms with Crippen LogP contribution in [0.15, 0.2) is 17.2 Å². The molecule has 7 nitrogen and oxygen atoms in total. The Bertz CT molecular complexity index is 638. The molecule has 2 unspecified atom stereocenters. The number of carbonyl (C=O) groups is 1. The average molecular weight is 314 g/mol. The summed E-state index contributed by atoms with van der Waals surface area (Å²) in [4.78, 5) is 11.4. The maximum absolute atomic E-state index is 12.7. The Hall–Kier alpha value is -1.38. The second-order valence-corrected chi connectivity index (χ2v) is 7.46. The van der Waals surface area contributed by atoms with E-state index in [4.69, 9.17) is 11.5 Å².